The molecule has 0 aliphatic rings. The summed E-state index contributed by atoms with van der Waals surface area (Å²) < 4.78 is 0. The number of carbonyl (C=O) groups excluding carboxylic acids is 1. The molecule has 0 aliphatic heterocycles. The van der Waals surface area contributed by atoms with Gasteiger partial charge in [0, 0.05) is 19.0 Å². The number of hydrogen-bond acceptors (Lipinski definition) is 2. The zero-order valence-corrected chi connectivity index (χ0v) is 10.8. The first-order chi connectivity index (χ1) is 8.06. The van der Waals surface area contributed by atoms with Crippen molar-refractivity contribution in [2.75, 3.05) is 6.54 Å². The van der Waals surface area contributed by atoms with Crippen LogP contribution in [-0.4, -0.2) is 29.7 Å². The summed E-state index contributed by atoms with van der Waals surface area (Å²) in [6.07, 6.45) is 4.69. The third-order valence-electron chi connectivity index (χ3n) is 2.47. The van der Waals surface area contributed by atoms with Crippen LogP contribution in [0.2, 0.25) is 0 Å². The molecular formula is C12H24N2O3. The van der Waals surface area contributed by atoms with Gasteiger partial charge in [-0.05, 0) is 26.2 Å². The Bertz CT molecular complexity index is 232. The van der Waals surface area contributed by atoms with E-state index in [0.29, 0.717) is 19.4 Å². The minimum Gasteiger partial charge on any atom is -0.481 e. The van der Waals surface area contributed by atoms with Gasteiger partial charge >= 0.3 is 12.0 Å². The van der Waals surface area contributed by atoms with Crippen LogP contribution >= 0.6 is 0 Å². The maximum Gasteiger partial charge on any atom is 0.314 e. The number of hydrogen-bond donors (Lipinski definition) is 3. The molecule has 100 valence electrons. The Labute approximate surface area is 103 Å². The quantitative estimate of drug-likeness (QED) is 0.544. The number of carboxylic acids is 1. The molecule has 0 aromatic rings. The summed E-state index contributed by atoms with van der Waals surface area (Å²) in [5, 5.41) is 14.0. The topological polar surface area (TPSA) is 78.4 Å². The van der Waals surface area contributed by atoms with Crippen molar-refractivity contribution in [1.29, 1.82) is 0 Å². The van der Waals surface area contributed by atoms with E-state index in [1.165, 1.54) is 0 Å². The molecule has 0 saturated heterocycles. The van der Waals surface area contributed by atoms with Gasteiger partial charge in [-0.3, -0.25) is 4.79 Å². The number of aliphatic carboxylic acids is 1. The zero-order valence-electron chi connectivity index (χ0n) is 10.8. The standard InChI is InChI=1S/C12H24N2O3/c1-3-4-5-9-13-12(17)14-10(2)7-6-8-11(15)16/h10H,3-9H2,1-2H3,(H,15,16)(H2,13,14,17). The number of nitrogens with one attached hydrogen (secondary N) is 2. The summed E-state index contributed by atoms with van der Waals surface area (Å²) in [4.78, 5) is 21.7. The first kappa shape index (κ1) is 15.7. The first-order valence-corrected chi connectivity index (χ1v) is 6.32. The van der Waals surface area contributed by atoms with E-state index < -0.39 is 5.97 Å². The van der Waals surface area contributed by atoms with Crippen molar-refractivity contribution in [2.24, 2.45) is 0 Å². The van der Waals surface area contributed by atoms with Crippen molar-refractivity contribution in [1.82, 2.24) is 10.6 Å². The predicted octanol–water partition coefficient (Wildman–Crippen LogP) is 2.12. The summed E-state index contributed by atoms with van der Waals surface area (Å²) >= 11 is 0. The van der Waals surface area contributed by atoms with Crippen molar-refractivity contribution in [3.05, 3.63) is 0 Å². The van der Waals surface area contributed by atoms with Gasteiger partial charge in [-0.1, -0.05) is 19.8 Å². The molecule has 0 spiro atoms. The fourth-order valence-corrected chi connectivity index (χ4v) is 1.48. The van der Waals surface area contributed by atoms with Gasteiger partial charge in [0.1, 0.15) is 0 Å². The van der Waals surface area contributed by atoms with E-state index in [1.807, 2.05) is 6.92 Å². The second-order valence-corrected chi connectivity index (χ2v) is 4.29. The van der Waals surface area contributed by atoms with Crippen LogP contribution in [0.4, 0.5) is 4.79 Å². The molecule has 0 aromatic heterocycles. The van der Waals surface area contributed by atoms with Gasteiger partial charge in [0.2, 0.25) is 0 Å². The molecule has 1 unspecified atom stereocenters. The van der Waals surface area contributed by atoms with Gasteiger partial charge in [-0.15, -0.1) is 0 Å². The molecule has 5 heteroatoms. The molecule has 0 fully saturated rings. The molecule has 3 N–H and O–H groups in total. The molecule has 1 atom stereocenters. The van der Waals surface area contributed by atoms with Gasteiger partial charge in [0.05, 0.1) is 0 Å². The Morgan fingerprint density at radius 1 is 1.24 bits per heavy atom. The fraction of sp³-hybridized carbons (Fsp3) is 0.833. The molecule has 0 heterocycles. The maximum absolute atomic E-state index is 11.4. The Morgan fingerprint density at radius 2 is 1.94 bits per heavy atom. The van der Waals surface area contributed by atoms with Gasteiger partial charge < -0.3 is 15.7 Å². The first-order valence-electron chi connectivity index (χ1n) is 6.32. The molecule has 0 radical (unpaired) electrons. The number of rotatable bonds is 9. The number of urea groups is 1. The lowest BCUT2D eigenvalue weighted by Crippen LogP contribution is -2.41. The summed E-state index contributed by atoms with van der Waals surface area (Å²) in [6, 6.07) is -0.149. The van der Waals surface area contributed by atoms with Crippen LogP contribution in [0, 0.1) is 0 Å². The largest absolute Gasteiger partial charge is 0.481 e. The summed E-state index contributed by atoms with van der Waals surface area (Å²) in [6.45, 7) is 4.69. The lowest BCUT2D eigenvalue weighted by molar-refractivity contribution is -0.137. The Balaban J connectivity index is 3.48. The minimum atomic E-state index is -0.791. The molecule has 0 rings (SSSR count). The molecule has 0 aromatic carbocycles. The Kier molecular flexibility index (Phi) is 9.19. The average Bonchev–Trinajstić information content (AvgIpc) is 2.23. The van der Waals surface area contributed by atoms with E-state index in [0.717, 1.165) is 19.3 Å². The van der Waals surface area contributed by atoms with Crippen LogP contribution in [0.5, 0.6) is 0 Å². The van der Waals surface area contributed by atoms with E-state index >= 15 is 0 Å². The van der Waals surface area contributed by atoms with Crippen LogP contribution in [0.25, 0.3) is 0 Å². The minimum absolute atomic E-state index is 0.0144. The van der Waals surface area contributed by atoms with Crippen LogP contribution in [-0.2, 0) is 4.79 Å². The van der Waals surface area contributed by atoms with Gasteiger partial charge in [-0.25, -0.2) is 4.79 Å². The van der Waals surface area contributed by atoms with Crippen molar-refractivity contribution < 1.29 is 14.7 Å². The van der Waals surface area contributed by atoms with Crippen molar-refractivity contribution in [3.63, 3.8) is 0 Å². The summed E-state index contributed by atoms with van der Waals surface area (Å²) in [5.41, 5.74) is 0. The van der Waals surface area contributed by atoms with Gasteiger partial charge in [0.25, 0.3) is 0 Å². The third kappa shape index (κ3) is 11.0. The van der Waals surface area contributed by atoms with Crippen LogP contribution in [0.1, 0.15) is 52.4 Å². The normalized spacial score (nSPS) is 11.9. The monoisotopic (exact) mass is 244 g/mol. The number of unbranched alkanes of at least 4 members (excludes halogenated alkanes) is 2. The average molecular weight is 244 g/mol. The molecular weight excluding hydrogens is 220 g/mol. The highest BCUT2D eigenvalue weighted by Crippen LogP contribution is 2.00. The second kappa shape index (κ2) is 9.93. The zero-order chi connectivity index (χ0) is 13.1. The number of carboxylic acid groups (broad SMARTS) is 1. The molecule has 5 nitrogen and oxygen atoms in total. The van der Waals surface area contributed by atoms with Crippen LogP contribution in [0.15, 0.2) is 0 Å². The highest BCUT2D eigenvalue weighted by molar-refractivity contribution is 5.74. The molecule has 0 aliphatic carbocycles. The summed E-state index contributed by atoms with van der Waals surface area (Å²) in [7, 11) is 0. The smallest absolute Gasteiger partial charge is 0.314 e. The van der Waals surface area contributed by atoms with Crippen LogP contribution in [0.3, 0.4) is 0 Å². The lowest BCUT2D eigenvalue weighted by atomic mass is 10.1. The van der Waals surface area contributed by atoms with Crippen molar-refractivity contribution >= 4 is 12.0 Å². The predicted molar refractivity (Wildman–Crippen MR) is 67.0 cm³/mol. The molecule has 17 heavy (non-hydrogen) atoms. The van der Waals surface area contributed by atoms with Crippen molar-refractivity contribution in [3.8, 4) is 0 Å². The highest BCUT2D eigenvalue weighted by Gasteiger charge is 2.07. The van der Waals surface area contributed by atoms with Crippen molar-refractivity contribution in [2.45, 2.75) is 58.4 Å². The van der Waals surface area contributed by atoms with E-state index in [1.54, 1.807) is 0 Å². The highest BCUT2D eigenvalue weighted by atomic mass is 16.4. The maximum atomic E-state index is 11.4. The van der Waals surface area contributed by atoms with E-state index in [2.05, 4.69) is 17.6 Å². The van der Waals surface area contributed by atoms with Gasteiger partial charge in [0.15, 0.2) is 0 Å². The van der Waals surface area contributed by atoms with E-state index in [-0.39, 0.29) is 18.5 Å². The second-order valence-electron chi connectivity index (χ2n) is 4.29. The Hall–Kier alpha value is -1.26. The number of carbonyl (C=O) groups is 2. The van der Waals surface area contributed by atoms with Gasteiger partial charge in [-0.2, -0.15) is 0 Å². The number of amides is 2. The Morgan fingerprint density at radius 3 is 2.53 bits per heavy atom. The SMILES string of the molecule is CCCCCNC(=O)NC(C)CCCC(=O)O. The summed E-state index contributed by atoms with van der Waals surface area (Å²) in [5.74, 6) is -0.791. The van der Waals surface area contributed by atoms with E-state index in [4.69, 9.17) is 5.11 Å². The third-order valence-corrected chi connectivity index (χ3v) is 2.47. The molecule has 0 saturated carbocycles. The van der Waals surface area contributed by atoms with E-state index in [9.17, 15) is 9.59 Å². The van der Waals surface area contributed by atoms with Crippen LogP contribution < -0.4 is 10.6 Å². The lowest BCUT2D eigenvalue weighted by Gasteiger charge is -2.14. The molecule has 2 amide bonds. The molecule has 0 bridgehead atoms. The fourth-order valence-electron chi connectivity index (χ4n) is 1.48.